The molecule has 1 N–H and O–H groups in total. The summed E-state index contributed by atoms with van der Waals surface area (Å²) < 4.78 is 14.2. The van der Waals surface area contributed by atoms with E-state index in [1.165, 1.54) is 6.07 Å². The van der Waals surface area contributed by atoms with Gasteiger partial charge < -0.3 is 0 Å². The van der Waals surface area contributed by atoms with Crippen LogP contribution in [0.25, 0.3) is 16.8 Å². The fourth-order valence-corrected chi connectivity index (χ4v) is 2.04. The van der Waals surface area contributed by atoms with Crippen molar-refractivity contribution in [1.82, 2.24) is 5.48 Å². The van der Waals surface area contributed by atoms with Gasteiger partial charge in [-0.2, -0.15) is 0 Å². The second kappa shape index (κ2) is 6.35. The minimum atomic E-state index is -0.317. The van der Waals surface area contributed by atoms with Gasteiger partial charge in [0.05, 0.1) is 12.3 Å². The normalized spacial score (nSPS) is 10.3. The predicted octanol–water partition coefficient (Wildman–Crippen LogP) is 4.31. The van der Waals surface area contributed by atoms with Gasteiger partial charge in [-0.25, -0.2) is 4.39 Å². The Labute approximate surface area is 118 Å². The van der Waals surface area contributed by atoms with Crippen LogP contribution in [0.4, 0.5) is 4.39 Å². The van der Waals surface area contributed by atoms with Crippen molar-refractivity contribution in [3.8, 4) is 11.1 Å². The molecule has 0 spiro atoms. The van der Waals surface area contributed by atoms with Crippen LogP contribution in [0.15, 0.2) is 49.0 Å². The first-order valence-electron chi connectivity index (χ1n) is 6.56. The summed E-state index contributed by atoms with van der Waals surface area (Å²) in [6, 6.07) is 13.0. The molecule has 0 radical (unpaired) electrons. The summed E-state index contributed by atoms with van der Waals surface area (Å²) in [5.74, 6) is -0.317. The maximum absolute atomic E-state index is 14.2. The highest BCUT2D eigenvalue weighted by molar-refractivity contribution is 5.71. The van der Waals surface area contributed by atoms with Gasteiger partial charge in [0.2, 0.25) is 0 Å². The van der Waals surface area contributed by atoms with Gasteiger partial charge >= 0.3 is 0 Å². The molecule has 0 atom stereocenters. The molecule has 0 fully saturated rings. The fraction of sp³-hybridized carbons (Fsp3) is 0.176. The quantitative estimate of drug-likeness (QED) is 0.818. The molecular formula is C17H18FNO. The number of halogens is 1. The van der Waals surface area contributed by atoms with Gasteiger partial charge in [-0.3, -0.25) is 10.3 Å². The first-order chi connectivity index (χ1) is 9.63. The van der Waals surface area contributed by atoms with E-state index in [1.807, 2.05) is 44.2 Å². The van der Waals surface area contributed by atoms with E-state index >= 15 is 0 Å². The lowest BCUT2D eigenvalue weighted by atomic mass is 9.99. The van der Waals surface area contributed by atoms with Crippen LogP contribution in [-0.4, -0.2) is 6.61 Å². The Morgan fingerprint density at radius 1 is 1.25 bits per heavy atom. The van der Waals surface area contributed by atoms with Crippen molar-refractivity contribution in [3.63, 3.8) is 0 Å². The molecule has 2 nitrogen and oxygen atoms in total. The third-order valence-electron chi connectivity index (χ3n) is 3.09. The van der Waals surface area contributed by atoms with Crippen molar-refractivity contribution >= 4 is 5.70 Å². The molecule has 104 valence electrons. The molecule has 20 heavy (non-hydrogen) atoms. The van der Waals surface area contributed by atoms with Crippen LogP contribution < -0.4 is 5.48 Å². The van der Waals surface area contributed by atoms with Crippen LogP contribution >= 0.6 is 0 Å². The molecule has 2 aromatic rings. The molecule has 0 amide bonds. The van der Waals surface area contributed by atoms with Crippen LogP contribution in [0, 0.1) is 12.7 Å². The molecule has 0 saturated heterocycles. The van der Waals surface area contributed by atoms with Gasteiger partial charge in [0.25, 0.3) is 0 Å². The highest BCUT2D eigenvalue weighted by Crippen LogP contribution is 2.26. The second-order valence-electron chi connectivity index (χ2n) is 4.52. The fourth-order valence-electron chi connectivity index (χ4n) is 2.04. The van der Waals surface area contributed by atoms with Crippen molar-refractivity contribution in [3.05, 3.63) is 66.0 Å². The molecule has 0 aliphatic rings. The van der Waals surface area contributed by atoms with E-state index in [4.69, 9.17) is 4.84 Å². The molecular weight excluding hydrogens is 253 g/mol. The summed E-state index contributed by atoms with van der Waals surface area (Å²) in [6.07, 6.45) is 0. The Morgan fingerprint density at radius 3 is 2.65 bits per heavy atom. The van der Waals surface area contributed by atoms with E-state index in [9.17, 15) is 4.39 Å². The van der Waals surface area contributed by atoms with Crippen LogP contribution in [-0.2, 0) is 4.84 Å². The van der Waals surface area contributed by atoms with E-state index in [0.717, 1.165) is 16.7 Å². The van der Waals surface area contributed by atoms with Crippen LogP contribution in [0.1, 0.15) is 18.1 Å². The van der Waals surface area contributed by atoms with E-state index in [0.29, 0.717) is 17.9 Å². The third kappa shape index (κ3) is 3.06. The zero-order valence-electron chi connectivity index (χ0n) is 11.7. The molecule has 0 aliphatic heterocycles. The summed E-state index contributed by atoms with van der Waals surface area (Å²) >= 11 is 0. The molecule has 0 saturated carbocycles. The average Bonchev–Trinajstić information content (AvgIpc) is 2.45. The van der Waals surface area contributed by atoms with E-state index in [2.05, 4.69) is 12.1 Å². The number of benzene rings is 2. The Balaban J connectivity index is 2.31. The maximum atomic E-state index is 14.2. The number of nitrogens with one attached hydrogen (secondary N) is 1. The molecule has 0 aromatic heterocycles. The first kappa shape index (κ1) is 14.3. The Hall–Kier alpha value is -2.13. The lowest BCUT2D eigenvalue weighted by Crippen LogP contribution is -2.12. The number of hydrogen-bond donors (Lipinski definition) is 1. The summed E-state index contributed by atoms with van der Waals surface area (Å²) in [7, 11) is 0. The highest BCUT2D eigenvalue weighted by atomic mass is 19.1. The van der Waals surface area contributed by atoms with E-state index in [1.54, 1.807) is 6.07 Å². The lowest BCUT2D eigenvalue weighted by Gasteiger charge is -2.11. The predicted molar refractivity (Wildman–Crippen MR) is 80.4 cm³/mol. The lowest BCUT2D eigenvalue weighted by molar-refractivity contribution is 0.0899. The van der Waals surface area contributed by atoms with Crippen molar-refractivity contribution in [2.24, 2.45) is 0 Å². The zero-order valence-corrected chi connectivity index (χ0v) is 11.7. The van der Waals surface area contributed by atoms with Gasteiger partial charge in [-0.15, -0.1) is 0 Å². The highest BCUT2D eigenvalue weighted by Gasteiger charge is 2.09. The molecule has 2 aromatic carbocycles. The number of hydroxylamine groups is 1. The summed E-state index contributed by atoms with van der Waals surface area (Å²) in [5.41, 5.74) is 6.46. The van der Waals surface area contributed by atoms with Gasteiger partial charge in [-0.05, 0) is 42.7 Å². The second-order valence-corrected chi connectivity index (χ2v) is 4.52. The van der Waals surface area contributed by atoms with Crippen LogP contribution in [0.3, 0.4) is 0 Å². The van der Waals surface area contributed by atoms with E-state index in [-0.39, 0.29) is 5.82 Å². The standard InChI is InChI=1S/C17H18FNO/c1-4-20-19-13(3)16-10-9-14(11-17(16)18)15-8-6-5-7-12(15)2/h5-11,19H,3-4H2,1-2H3. The SMILES string of the molecule is C=C(NOCC)c1ccc(-c2ccccc2C)cc1F. The molecule has 2 rings (SSSR count). The molecule has 0 unspecified atom stereocenters. The molecule has 0 aliphatic carbocycles. The summed E-state index contributed by atoms with van der Waals surface area (Å²) in [5, 5.41) is 0. The van der Waals surface area contributed by atoms with Gasteiger partial charge in [-0.1, -0.05) is 36.9 Å². The number of hydrogen-bond acceptors (Lipinski definition) is 2. The smallest absolute Gasteiger partial charge is 0.133 e. The Morgan fingerprint density at radius 2 is 2.00 bits per heavy atom. The average molecular weight is 271 g/mol. The number of rotatable bonds is 5. The van der Waals surface area contributed by atoms with Crippen molar-refractivity contribution in [2.45, 2.75) is 13.8 Å². The van der Waals surface area contributed by atoms with Crippen molar-refractivity contribution in [2.75, 3.05) is 6.61 Å². The number of aryl methyl sites for hydroxylation is 1. The van der Waals surface area contributed by atoms with Crippen LogP contribution in [0.5, 0.6) is 0 Å². The van der Waals surface area contributed by atoms with Crippen molar-refractivity contribution in [1.29, 1.82) is 0 Å². The first-order valence-corrected chi connectivity index (χ1v) is 6.56. The van der Waals surface area contributed by atoms with E-state index < -0.39 is 0 Å². The maximum Gasteiger partial charge on any atom is 0.133 e. The molecule has 0 heterocycles. The Bertz CT molecular complexity index is 622. The van der Waals surface area contributed by atoms with Gasteiger partial charge in [0, 0.05) is 5.56 Å². The summed E-state index contributed by atoms with van der Waals surface area (Å²) in [4.78, 5) is 5.02. The topological polar surface area (TPSA) is 21.3 Å². The zero-order chi connectivity index (χ0) is 14.5. The molecule has 3 heteroatoms. The van der Waals surface area contributed by atoms with Gasteiger partial charge in [0.15, 0.2) is 0 Å². The third-order valence-corrected chi connectivity index (χ3v) is 3.09. The minimum Gasteiger partial charge on any atom is -0.276 e. The minimum absolute atomic E-state index is 0.317. The molecule has 0 bridgehead atoms. The largest absolute Gasteiger partial charge is 0.276 e. The monoisotopic (exact) mass is 271 g/mol. The van der Waals surface area contributed by atoms with Crippen molar-refractivity contribution < 1.29 is 9.23 Å². The summed E-state index contributed by atoms with van der Waals surface area (Å²) in [6.45, 7) is 8.11. The van der Waals surface area contributed by atoms with Crippen LogP contribution in [0.2, 0.25) is 0 Å². The Kier molecular flexibility index (Phi) is 4.53. The van der Waals surface area contributed by atoms with Gasteiger partial charge in [0.1, 0.15) is 5.82 Å².